The van der Waals surface area contributed by atoms with Crippen LogP contribution in [0.25, 0.3) is 0 Å². The van der Waals surface area contributed by atoms with Crippen LogP contribution < -0.4 is 10.6 Å². The van der Waals surface area contributed by atoms with Crippen LogP contribution in [0.15, 0.2) is 0 Å². The molecule has 0 saturated carbocycles. The molecule has 0 aromatic heterocycles. The second kappa shape index (κ2) is 6.47. The van der Waals surface area contributed by atoms with Crippen molar-refractivity contribution in [3.05, 3.63) is 0 Å². The van der Waals surface area contributed by atoms with Crippen LogP contribution in [0.4, 0.5) is 0 Å². The molecule has 2 fully saturated rings. The molecule has 2 aliphatic rings. The van der Waals surface area contributed by atoms with Crippen LogP contribution in [0, 0.1) is 0 Å². The summed E-state index contributed by atoms with van der Waals surface area (Å²) in [6, 6.07) is -0.151. The molecule has 1 amide bonds. The van der Waals surface area contributed by atoms with Gasteiger partial charge in [0.2, 0.25) is 5.91 Å². The van der Waals surface area contributed by atoms with Gasteiger partial charge in [-0.25, -0.2) is 0 Å². The number of hydrogen-bond acceptors (Lipinski definition) is 4. The molecule has 92 valence electrons. The number of thioether (sulfide) groups is 1. The number of nitrogens with one attached hydrogen (secondary N) is 2. The van der Waals surface area contributed by atoms with E-state index >= 15 is 0 Å². The number of ether oxygens (including phenoxy) is 1. The van der Waals surface area contributed by atoms with Crippen LogP contribution in [0.2, 0.25) is 0 Å². The van der Waals surface area contributed by atoms with Crippen molar-refractivity contribution in [3.63, 3.8) is 0 Å². The molecule has 0 aromatic rings. The third-order valence-corrected chi connectivity index (χ3v) is 4.41. The lowest BCUT2D eigenvalue weighted by atomic mass is 10.2. The van der Waals surface area contributed by atoms with Crippen molar-refractivity contribution in [2.45, 2.75) is 30.6 Å². The number of carbonyl (C=O) groups is 1. The Morgan fingerprint density at radius 3 is 3.12 bits per heavy atom. The van der Waals surface area contributed by atoms with E-state index in [4.69, 9.17) is 4.74 Å². The molecule has 2 atom stereocenters. The van der Waals surface area contributed by atoms with Crippen LogP contribution in [0.1, 0.15) is 19.3 Å². The Balaban J connectivity index is 1.65. The van der Waals surface area contributed by atoms with E-state index in [1.54, 1.807) is 0 Å². The molecule has 5 heteroatoms. The first-order chi connectivity index (χ1) is 7.86. The lowest BCUT2D eigenvalue weighted by molar-refractivity contribution is -0.125. The summed E-state index contributed by atoms with van der Waals surface area (Å²) < 4.78 is 5.27. The number of amides is 1. The second-order valence-corrected chi connectivity index (χ2v) is 5.72. The maximum Gasteiger partial charge on any atom is 0.239 e. The van der Waals surface area contributed by atoms with Crippen LogP contribution in [-0.2, 0) is 9.53 Å². The van der Waals surface area contributed by atoms with Crippen LogP contribution in [-0.4, -0.2) is 49.3 Å². The fourth-order valence-corrected chi connectivity index (χ4v) is 3.28. The molecule has 2 aliphatic heterocycles. The molecule has 2 N–H and O–H groups in total. The maximum atomic E-state index is 11.8. The normalized spacial score (nSPS) is 31.0. The van der Waals surface area contributed by atoms with Gasteiger partial charge in [0.25, 0.3) is 0 Å². The van der Waals surface area contributed by atoms with Gasteiger partial charge in [0.05, 0.1) is 13.2 Å². The van der Waals surface area contributed by atoms with E-state index in [0.717, 1.165) is 13.1 Å². The van der Waals surface area contributed by atoms with Crippen molar-refractivity contribution in [1.29, 1.82) is 0 Å². The number of hydrogen-bond donors (Lipinski definition) is 2. The molecule has 2 unspecified atom stereocenters. The largest absolute Gasteiger partial charge is 0.378 e. The van der Waals surface area contributed by atoms with Gasteiger partial charge in [0, 0.05) is 18.3 Å². The Morgan fingerprint density at radius 2 is 2.44 bits per heavy atom. The van der Waals surface area contributed by atoms with Crippen LogP contribution >= 0.6 is 11.8 Å². The quantitative estimate of drug-likeness (QED) is 0.753. The average molecular weight is 244 g/mol. The van der Waals surface area contributed by atoms with Crippen molar-refractivity contribution < 1.29 is 9.53 Å². The van der Waals surface area contributed by atoms with Gasteiger partial charge in [-0.15, -0.1) is 0 Å². The Labute approximate surface area is 101 Å². The Kier molecular flexibility index (Phi) is 4.93. The molecule has 4 nitrogen and oxygen atoms in total. The summed E-state index contributed by atoms with van der Waals surface area (Å²) in [6.45, 7) is 2.80. The standard InChI is InChI=1S/C11H20N2O2S/c14-11(10-8-15-5-4-12-10)13-7-9-3-1-2-6-16-9/h9-10,12H,1-8H2,(H,13,14). The predicted molar refractivity (Wildman–Crippen MR) is 65.7 cm³/mol. The summed E-state index contributed by atoms with van der Waals surface area (Å²) in [7, 11) is 0. The third kappa shape index (κ3) is 3.64. The van der Waals surface area contributed by atoms with Gasteiger partial charge in [-0.3, -0.25) is 4.79 Å². The van der Waals surface area contributed by atoms with E-state index < -0.39 is 0 Å². The molecule has 2 heterocycles. The first-order valence-corrected chi connectivity index (χ1v) is 7.11. The van der Waals surface area contributed by atoms with Gasteiger partial charge in [0.15, 0.2) is 0 Å². The zero-order valence-corrected chi connectivity index (χ0v) is 10.4. The van der Waals surface area contributed by atoms with E-state index in [0.29, 0.717) is 18.5 Å². The average Bonchev–Trinajstić information content (AvgIpc) is 2.38. The highest BCUT2D eigenvalue weighted by atomic mass is 32.2. The molecule has 0 aromatic carbocycles. The van der Waals surface area contributed by atoms with Crippen molar-refractivity contribution >= 4 is 17.7 Å². The summed E-state index contributed by atoms with van der Waals surface area (Å²) in [5.74, 6) is 1.33. The monoisotopic (exact) mass is 244 g/mol. The van der Waals surface area contributed by atoms with E-state index in [-0.39, 0.29) is 11.9 Å². The molecule has 0 radical (unpaired) electrons. The minimum absolute atomic E-state index is 0.0888. The summed E-state index contributed by atoms with van der Waals surface area (Å²) in [6.07, 6.45) is 3.87. The van der Waals surface area contributed by atoms with Crippen molar-refractivity contribution in [1.82, 2.24) is 10.6 Å². The molecule has 16 heavy (non-hydrogen) atoms. The Hall–Kier alpha value is -0.260. The number of morpholine rings is 1. The smallest absolute Gasteiger partial charge is 0.239 e. The lowest BCUT2D eigenvalue weighted by Crippen LogP contribution is -2.52. The third-order valence-electron chi connectivity index (χ3n) is 3.02. The highest BCUT2D eigenvalue weighted by Gasteiger charge is 2.22. The topological polar surface area (TPSA) is 50.4 Å². The molecule has 0 bridgehead atoms. The van der Waals surface area contributed by atoms with Gasteiger partial charge in [-0.2, -0.15) is 11.8 Å². The highest BCUT2D eigenvalue weighted by Crippen LogP contribution is 2.24. The van der Waals surface area contributed by atoms with Gasteiger partial charge < -0.3 is 15.4 Å². The Morgan fingerprint density at radius 1 is 1.50 bits per heavy atom. The fourth-order valence-electron chi connectivity index (χ4n) is 2.04. The summed E-state index contributed by atoms with van der Waals surface area (Å²) in [4.78, 5) is 11.8. The van der Waals surface area contributed by atoms with E-state index in [1.807, 2.05) is 11.8 Å². The molecule has 2 saturated heterocycles. The number of carbonyl (C=O) groups excluding carboxylic acids is 1. The summed E-state index contributed by atoms with van der Waals surface area (Å²) in [5, 5.41) is 6.80. The molecular weight excluding hydrogens is 224 g/mol. The molecule has 0 spiro atoms. The van der Waals surface area contributed by atoms with E-state index in [2.05, 4.69) is 10.6 Å². The molecule has 0 aliphatic carbocycles. The Bertz CT molecular complexity index is 226. The van der Waals surface area contributed by atoms with Gasteiger partial charge in [0.1, 0.15) is 6.04 Å². The van der Waals surface area contributed by atoms with Gasteiger partial charge in [-0.1, -0.05) is 6.42 Å². The molecular formula is C11H20N2O2S. The lowest BCUT2D eigenvalue weighted by Gasteiger charge is -2.25. The van der Waals surface area contributed by atoms with Gasteiger partial charge in [-0.05, 0) is 18.6 Å². The summed E-state index contributed by atoms with van der Waals surface area (Å²) >= 11 is 1.99. The van der Waals surface area contributed by atoms with E-state index in [1.165, 1.54) is 25.0 Å². The van der Waals surface area contributed by atoms with Crippen molar-refractivity contribution in [2.24, 2.45) is 0 Å². The molecule has 2 rings (SSSR count). The number of rotatable bonds is 3. The minimum Gasteiger partial charge on any atom is -0.378 e. The second-order valence-electron chi connectivity index (χ2n) is 4.32. The first-order valence-electron chi connectivity index (χ1n) is 6.07. The maximum absolute atomic E-state index is 11.8. The SMILES string of the molecule is O=C(NCC1CCCCS1)C1COCCN1. The van der Waals surface area contributed by atoms with E-state index in [9.17, 15) is 4.79 Å². The summed E-state index contributed by atoms with van der Waals surface area (Å²) in [5.41, 5.74) is 0. The zero-order valence-electron chi connectivity index (χ0n) is 9.54. The first kappa shape index (κ1) is 12.2. The van der Waals surface area contributed by atoms with Crippen molar-refractivity contribution in [3.8, 4) is 0 Å². The van der Waals surface area contributed by atoms with Crippen LogP contribution in [0.3, 0.4) is 0 Å². The minimum atomic E-state index is -0.151. The highest BCUT2D eigenvalue weighted by molar-refractivity contribution is 7.99. The predicted octanol–water partition coefficient (Wildman–Crippen LogP) is 0.377. The fraction of sp³-hybridized carbons (Fsp3) is 0.909. The zero-order chi connectivity index (χ0) is 11.2. The van der Waals surface area contributed by atoms with Crippen molar-refractivity contribution in [2.75, 3.05) is 32.1 Å². The van der Waals surface area contributed by atoms with Gasteiger partial charge >= 0.3 is 0 Å². The van der Waals surface area contributed by atoms with Crippen LogP contribution in [0.5, 0.6) is 0 Å².